The van der Waals surface area contributed by atoms with E-state index < -0.39 is 10.0 Å². The average molecular weight is 302 g/mol. The predicted molar refractivity (Wildman–Crippen MR) is 79.1 cm³/mol. The first-order chi connectivity index (χ1) is 9.97. The third-order valence-electron chi connectivity index (χ3n) is 3.03. The van der Waals surface area contributed by atoms with Crippen LogP contribution in [0.4, 0.5) is 5.69 Å². The van der Waals surface area contributed by atoms with Gasteiger partial charge in [-0.15, -0.1) is 0 Å². The lowest BCUT2D eigenvalue weighted by Gasteiger charge is -2.13. The minimum absolute atomic E-state index is 0.106. The van der Waals surface area contributed by atoms with Gasteiger partial charge in [-0.3, -0.25) is 4.72 Å². The maximum Gasteiger partial charge on any atom is 0.262 e. The van der Waals surface area contributed by atoms with Gasteiger partial charge in [0.05, 0.1) is 28.8 Å². The fourth-order valence-corrected chi connectivity index (χ4v) is 3.31. The summed E-state index contributed by atoms with van der Waals surface area (Å²) in [6.45, 7) is 1.37. The third kappa shape index (κ3) is 3.21. The Kier molecular flexibility index (Phi) is 4.26. The van der Waals surface area contributed by atoms with Crippen molar-refractivity contribution < 1.29 is 13.5 Å². The second-order valence-electron chi connectivity index (χ2n) is 4.51. The van der Waals surface area contributed by atoms with Crippen molar-refractivity contribution in [1.29, 1.82) is 5.26 Å². The Morgan fingerprint density at radius 2 is 1.95 bits per heavy atom. The van der Waals surface area contributed by atoms with Crippen molar-refractivity contribution in [2.75, 3.05) is 4.72 Å². The minimum Gasteiger partial charge on any atom is -0.392 e. The van der Waals surface area contributed by atoms with Crippen LogP contribution in [0.5, 0.6) is 0 Å². The summed E-state index contributed by atoms with van der Waals surface area (Å²) in [7, 11) is -3.77. The molecule has 21 heavy (non-hydrogen) atoms. The number of aliphatic hydroxyl groups excluding tert-OH is 1. The molecular formula is C15H14N2O3S. The van der Waals surface area contributed by atoms with Gasteiger partial charge < -0.3 is 5.11 Å². The van der Waals surface area contributed by atoms with E-state index in [0.29, 0.717) is 22.4 Å². The molecule has 0 heterocycles. The molecule has 0 saturated heterocycles. The molecule has 0 saturated carbocycles. The van der Waals surface area contributed by atoms with Crippen LogP contribution in [-0.4, -0.2) is 13.5 Å². The zero-order chi connectivity index (χ0) is 15.5. The summed E-state index contributed by atoms with van der Waals surface area (Å²) < 4.78 is 27.3. The van der Waals surface area contributed by atoms with E-state index >= 15 is 0 Å². The number of nitrogens with zero attached hydrogens (tertiary/aromatic N) is 1. The quantitative estimate of drug-likeness (QED) is 0.905. The van der Waals surface area contributed by atoms with Gasteiger partial charge in [0.2, 0.25) is 0 Å². The van der Waals surface area contributed by atoms with Crippen molar-refractivity contribution in [1.82, 2.24) is 0 Å². The molecular weight excluding hydrogens is 288 g/mol. The van der Waals surface area contributed by atoms with Gasteiger partial charge >= 0.3 is 0 Å². The molecule has 0 aliphatic heterocycles. The summed E-state index contributed by atoms with van der Waals surface area (Å²) in [6.07, 6.45) is 0. The third-order valence-corrected chi connectivity index (χ3v) is 4.55. The van der Waals surface area contributed by atoms with Crippen molar-refractivity contribution in [2.24, 2.45) is 0 Å². The van der Waals surface area contributed by atoms with E-state index in [1.54, 1.807) is 31.2 Å². The first-order valence-electron chi connectivity index (χ1n) is 6.20. The van der Waals surface area contributed by atoms with Crippen LogP contribution in [0, 0.1) is 18.3 Å². The molecule has 0 fully saturated rings. The van der Waals surface area contributed by atoms with Gasteiger partial charge in [0.15, 0.2) is 0 Å². The van der Waals surface area contributed by atoms with Gasteiger partial charge in [-0.25, -0.2) is 8.42 Å². The highest BCUT2D eigenvalue weighted by molar-refractivity contribution is 7.92. The van der Waals surface area contributed by atoms with Gasteiger partial charge in [0.25, 0.3) is 10.0 Å². The number of aliphatic hydroxyl groups is 1. The van der Waals surface area contributed by atoms with E-state index in [0.717, 1.165) is 0 Å². The fourth-order valence-electron chi connectivity index (χ4n) is 1.98. The van der Waals surface area contributed by atoms with Crippen LogP contribution in [0.25, 0.3) is 0 Å². The maximum absolute atomic E-state index is 12.4. The zero-order valence-corrected chi connectivity index (χ0v) is 12.2. The summed E-state index contributed by atoms with van der Waals surface area (Å²) in [5.74, 6) is 0. The average Bonchev–Trinajstić information content (AvgIpc) is 2.47. The highest BCUT2D eigenvalue weighted by Crippen LogP contribution is 2.22. The molecule has 108 valence electrons. The molecule has 0 amide bonds. The number of benzene rings is 2. The van der Waals surface area contributed by atoms with E-state index in [-0.39, 0.29) is 11.5 Å². The normalized spacial score (nSPS) is 10.9. The van der Waals surface area contributed by atoms with E-state index in [4.69, 9.17) is 5.26 Å². The SMILES string of the molecule is Cc1cc(C#N)ccc1S(=O)(=O)Nc1ccccc1CO. The van der Waals surface area contributed by atoms with E-state index in [1.807, 2.05) is 6.07 Å². The number of sulfonamides is 1. The summed E-state index contributed by atoms with van der Waals surface area (Å²) in [5.41, 5.74) is 1.72. The molecule has 2 rings (SSSR count). The summed E-state index contributed by atoms with van der Waals surface area (Å²) in [6, 6.07) is 13.0. The van der Waals surface area contributed by atoms with Crippen LogP contribution in [-0.2, 0) is 16.6 Å². The number of nitrogens with one attached hydrogen (secondary N) is 1. The number of hydrogen-bond donors (Lipinski definition) is 2. The van der Waals surface area contributed by atoms with Crippen molar-refractivity contribution in [2.45, 2.75) is 18.4 Å². The molecule has 0 aliphatic carbocycles. The largest absolute Gasteiger partial charge is 0.392 e. The first-order valence-corrected chi connectivity index (χ1v) is 7.68. The maximum atomic E-state index is 12.4. The smallest absolute Gasteiger partial charge is 0.262 e. The monoisotopic (exact) mass is 302 g/mol. The number of rotatable bonds is 4. The summed E-state index contributed by atoms with van der Waals surface area (Å²) in [4.78, 5) is 0.106. The van der Waals surface area contributed by atoms with Crippen molar-refractivity contribution >= 4 is 15.7 Å². The zero-order valence-electron chi connectivity index (χ0n) is 11.4. The van der Waals surface area contributed by atoms with E-state index in [9.17, 15) is 13.5 Å². The number of para-hydroxylation sites is 1. The molecule has 0 spiro atoms. The van der Waals surface area contributed by atoms with Crippen LogP contribution >= 0.6 is 0 Å². The predicted octanol–water partition coefficient (Wildman–Crippen LogP) is 2.16. The molecule has 6 heteroatoms. The number of hydrogen-bond acceptors (Lipinski definition) is 4. The second kappa shape index (κ2) is 5.95. The Bertz CT molecular complexity index is 808. The van der Waals surface area contributed by atoms with Crippen LogP contribution in [0.2, 0.25) is 0 Å². The molecule has 5 nitrogen and oxygen atoms in total. The van der Waals surface area contributed by atoms with Gasteiger partial charge in [-0.1, -0.05) is 18.2 Å². The topological polar surface area (TPSA) is 90.2 Å². The molecule has 0 unspecified atom stereocenters. The standard InChI is InChI=1S/C15H14N2O3S/c1-11-8-12(9-16)6-7-15(11)21(19,20)17-14-5-3-2-4-13(14)10-18/h2-8,17-18H,10H2,1H3. The first kappa shape index (κ1) is 15.0. The number of aryl methyl sites for hydroxylation is 1. The summed E-state index contributed by atoms with van der Waals surface area (Å²) in [5, 5.41) is 18.1. The van der Waals surface area contributed by atoms with Gasteiger partial charge in [0.1, 0.15) is 0 Å². The number of anilines is 1. The van der Waals surface area contributed by atoms with Crippen LogP contribution in [0.1, 0.15) is 16.7 Å². The Balaban J connectivity index is 2.42. The Hall–Kier alpha value is -2.36. The van der Waals surface area contributed by atoms with Crippen molar-refractivity contribution in [3.05, 3.63) is 59.2 Å². The number of nitriles is 1. The van der Waals surface area contributed by atoms with Gasteiger partial charge in [-0.2, -0.15) is 5.26 Å². The van der Waals surface area contributed by atoms with Crippen LogP contribution in [0.3, 0.4) is 0 Å². The minimum atomic E-state index is -3.77. The molecule has 2 aromatic rings. The molecule has 0 aliphatic rings. The van der Waals surface area contributed by atoms with Crippen molar-refractivity contribution in [3.8, 4) is 6.07 Å². The molecule has 0 bridgehead atoms. The van der Waals surface area contributed by atoms with E-state index in [1.165, 1.54) is 18.2 Å². The van der Waals surface area contributed by atoms with Gasteiger partial charge in [0, 0.05) is 5.56 Å². The molecule has 0 atom stereocenters. The van der Waals surface area contributed by atoms with Crippen molar-refractivity contribution in [3.63, 3.8) is 0 Å². The molecule has 0 radical (unpaired) electrons. The van der Waals surface area contributed by atoms with Crippen LogP contribution in [0.15, 0.2) is 47.4 Å². The van der Waals surface area contributed by atoms with E-state index in [2.05, 4.69) is 4.72 Å². The summed E-state index contributed by atoms with van der Waals surface area (Å²) >= 11 is 0. The highest BCUT2D eigenvalue weighted by atomic mass is 32.2. The van der Waals surface area contributed by atoms with Gasteiger partial charge in [-0.05, 0) is 36.8 Å². The lowest BCUT2D eigenvalue weighted by molar-refractivity contribution is 0.282. The fraction of sp³-hybridized carbons (Fsp3) is 0.133. The highest BCUT2D eigenvalue weighted by Gasteiger charge is 2.18. The molecule has 2 aromatic carbocycles. The Morgan fingerprint density at radius 3 is 2.57 bits per heavy atom. The second-order valence-corrected chi connectivity index (χ2v) is 6.16. The lowest BCUT2D eigenvalue weighted by atomic mass is 10.2. The Labute approximate surface area is 123 Å². The van der Waals surface area contributed by atoms with Crippen LogP contribution < -0.4 is 4.72 Å². The lowest BCUT2D eigenvalue weighted by Crippen LogP contribution is -2.15. The molecule has 0 aromatic heterocycles. The Morgan fingerprint density at radius 1 is 1.24 bits per heavy atom. The molecule has 2 N–H and O–H groups in total.